The molecule has 12 heteroatoms. The number of hydrogen-bond donors (Lipinski definition) is 0. The maximum absolute atomic E-state index is 9.66. The molecule has 0 aliphatic carbocycles. The van der Waals surface area contributed by atoms with E-state index in [1.165, 1.54) is 13.8 Å². The van der Waals surface area contributed by atoms with Gasteiger partial charge in [0.2, 0.25) is 0 Å². The van der Waals surface area contributed by atoms with Crippen LogP contribution in [0.15, 0.2) is 20.8 Å². The molecule has 0 aliphatic rings. The molecule has 0 saturated heterocycles. The maximum atomic E-state index is 9.66. The van der Waals surface area contributed by atoms with Crippen LogP contribution in [-0.2, 0) is 9.98 Å². The number of hydrogen-bond acceptors (Lipinski definition) is 10. The minimum absolute atomic E-state index is 0. The fraction of sp³-hybridized carbons (Fsp3) is 0.714. The van der Waals surface area contributed by atoms with E-state index in [4.69, 9.17) is 10.5 Å². The monoisotopic (exact) mass is 286 g/mol. The van der Waals surface area contributed by atoms with Crippen LogP contribution in [0.4, 0.5) is 0 Å². The van der Waals surface area contributed by atoms with Crippen LogP contribution in [-0.4, -0.2) is 11.1 Å². The predicted molar refractivity (Wildman–Crippen MR) is 44.5 cm³/mol. The summed E-state index contributed by atoms with van der Waals surface area (Å²) in [6, 6.07) is 3.46. The van der Waals surface area contributed by atoms with Crippen molar-refractivity contribution in [3.8, 4) is 12.1 Å². The van der Waals surface area contributed by atoms with E-state index < -0.39 is 11.1 Å². The molecule has 0 rings (SSSR count). The zero-order valence-corrected chi connectivity index (χ0v) is 15.0. The van der Waals surface area contributed by atoms with Crippen LogP contribution in [0.5, 0.6) is 0 Å². The second kappa shape index (κ2) is 11.5. The van der Waals surface area contributed by atoms with E-state index in [1.807, 2.05) is 0 Å². The van der Waals surface area contributed by atoms with E-state index >= 15 is 0 Å². The maximum Gasteiger partial charge on any atom is 1.00 e. The summed E-state index contributed by atoms with van der Waals surface area (Å²) in [5, 5.41) is 49.0. The number of nitriles is 2. The van der Waals surface area contributed by atoms with Crippen LogP contribution in [0.1, 0.15) is 20.3 Å². The van der Waals surface area contributed by atoms with Crippen molar-refractivity contribution in [2.24, 2.45) is 20.8 Å². The third-order valence-electron chi connectivity index (χ3n) is 1.76. The van der Waals surface area contributed by atoms with Crippen molar-refractivity contribution in [1.29, 1.82) is 10.5 Å². The molecule has 2 atom stereocenters. The summed E-state index contributed by atoms with van der Waals surface area (Å²) < 4.78 is 0. The minimum Gasteiger partial charge on any atom is -0.636 e. The molecule has 0 radical (unpaired) electrons. The van der Waals surface area contributed by atoms with Crippen molar-refractivity contribution in [1.82, 2.24) is 0 Å². The first kappa shape index (κ1) is 23.8. The summed E-state index contributed by atoms with van der Waals surface area (Å²) in [5.41, 5.74) is -3.03. The molecule has 92 valence electrons. The van der Waals surface area contributed by atoms with Gasteiger partial charge in [-0.2, -0.15) is 10.5 Å². The molecular weight excluding hydrogens is 278 g/mol. The standard InChI is InChI=1S/C7H10N6O4.2Na/c1-6(4-8,10-12-16-14)3-7(2,5-9)11-13-17-15;;/h14-15H,3H2,1-2H3;;/q;2*+1/p-2. The predicted octanol–water partition coefficient (Wildman–Crippen LogP) is -6.73. The number of rotatable bonds is 6. The summed E-state index contributed by atoms with van der Waals surface area (Å²) in [7, 11) is 0. The summed E-state index contributed by atoms with van der Waals surface area (Å²) >= 11 is 0. The van der Waals surface area contributed by atoms with Crippen LogP contribution >= 0.6 is 0 Å². The molecule has 19 heavy (non-hydrogen) atoms. The van der Waals surface area contributed by atoms with Crippen LogP contribution in [0.3, 0.4) is 0 Å². The fourth-order valence-electron chi connectivity index (χ4n) is 1.08. The van der Waals surface area contributed by atoms with Crippen LogP contribution < -0.4 is 69.6 Å². The zero-order chi connectivity index (χ0) is 13.4. The SMILES string of the molecule is CC(C#N)(CC(C)(C#N)N=NO[O-])N=NO[O-].[Na+].[Na+]. The summed E-state index contributed by atoms with van der Waals surface area (Å²) in [6.07, 6.45) is -0.257. The molecule has 0 amide bonds. The topological polar surface area (TPSA) is 162 Å². The Labute approximate surface area is 153 Å². The van der Waals surface area contributed by atoms with Gasteiger partial charge in [-0.3, -0.25) is 0 Å². The smallest absolute Gasteiger partial charge is 0.636 e. The van der Waals surface area contributed by atoms with Gasteiger partial charge in [0.05, 0.1) is 12.1 Å². The molecule has 0 aliphatic heterocycles. The number of nitrogens with zero attached hydrogens (tertiary/aromatic N) is 6. The van der Waals surface area contributed by atoms with E-state index in [9.17, 15) is 10.5 Å². The quantitative estimate of drug-likeness (QED) is 0.204. The average Bonchev–Trinajstić information content (AvgIpc) is 2.34. The molecule has 0 saturated carbocycles. The summed E-state index contributed by atoms with van der Waals surface area (Å²) in [5.74, 6) is 0. The van der Waals surface area contributed by atoms with E-state index in [0.717, 1.165) is 0 Å². The van der Waals surface area contributed by atoms with Crippen LogP contribution in [0.2, 0.25) is 0 Å². The van der Waals surface area contributed by atoms with Crippen molar-refractivity contribution >= 4 is 0 Å². The second-order valence-corrected chi connectivity index (χ2v) is 3.46. The van der Waals surface area contributed by atoms with Gasteiger partial charge in [0.15, 0.2) is 11.1 Å². The molecule has 0 aromatic carbocycles. The fourth-order valence-corrected chi connectivity index (χ4v) is 1.08. The van der Waals surface area contributed by atoms with Crippen molar-refractivity contribution < 1.29 is 79.6 Å². The molecule has 0 spiro atoms. The third-order valence-corrected chi connectivity index (χ3v) is 1.76. The van der Waals surface area contributed by atoms with Gasteiger partial charge < -0.3 is 20.5 Å². The Hall–Kier alpha value is -0.300. The first-order valence-electron chi connectivity index (χ1n) is 4.20. The minimum atomic E-state index is -1.52. The summed E-state index contributed by atoms with van der Waals surface area (Å²) in [4.78, 5) is 6.23. The van der Waals surface area contributed by atoms with Crippen LogP contribution in [0.25, 0.3) is 0 Å². The molecule has 0 heterocycles. The van der Waals surface area contributed by atoms with Gasteiger partial charge in [0.1, 0.15) is 0 Å². The van der Waals surface area contributed by atoms with Gasteiger partial charge in [-0.1, -0.05) is 0 Å². The second-order valence-electron chi connectivity index (χ2n) is 3.46. The third kappa shape index (κ3) is 9.27. The van der Waals surface area contributed by atoms with Gasteiger partial charge in [-0.25, -0.2) is 0 Å². The Balaban J connectivity index is -0.00000128. The summed E-state index contributed by atoms with van der Waals surface area (Å²) in [6.45, 7) is 2.61. The largest absolute Gasteiger partial charge is 1.00 e. The van der Waals surface area contributed by atoms with Gasteiger partial charge in [-0.05, 0) is 13.8 Å². The Morgan fingerprint density at radius 3 is 1.47 bits per heavy atom. The van der Waals surface area contributed by atoms with E-state index in [-0.39, 0.29) is 65.5 Å². The van der Waals surface area contributed by atoms with Crippen molar-refractivity contribution in [3.05, 3.63) is 0 Å². The molecule has 10 nitrogen and oxygen atoms in total. The normalized spacial score (nSPS) is 16.1. The molecule has 0 N–H and O–H groups in total. The molecule has 2 unspecified atom stereocenters. The Kier molecular flexibility index (Phi) is 14.4. The van der Waals surface area contributed by atoms with Gasteiger partial charge >= 0.3 is 59.1 Å². The van der Waals surface area contributed by atoms with E-state index in [1.54, 1.807) is 12.1 Å². The first-order valence-corrected chi connectivity index (χ1v) is 4.20. The van der Waals surface area contributed by atoms with Gasteiger partial charge in [0.25, 0.3) is 0 Å². The van der Waals surface area contributed by atoms with Gasteiger partial charge in [0, 0.05) is 17.0 Å². The van der Waals surface area contributed by atoms with Crippen molar-refractivity contribution in [3.63, 3.8) is 0 Å². The van der Waals surface area contributed by atoms with Crippen molar-refractivity contribution in [2.75, 3.05) is 0 Å². The molecule has 0 aromatic heterocycles. The van der Waals surface area contributed by atoms with Gasteiger partial charge in [-0.15, -0.1) is 10.2 Å². The molecular formula is C7H8N6Na2O4. The van der Waals surface area contributed by atoms with E-state index in [2.05, 4.69) is 30.8 Å². The zero-order valence-electron chi connectivity index (χ0n) is 11.0. The van der Waals surface area contributed by atoms with Crippen LogP contribution in [0, 0.1) is 22.7 Å². The first-order chi connectivity index (χ1) is 7.95. The van der Waals surface area contributed by atoms with Crippen molar-refractivity contribution in [2.45, 2.75) is 31.3 Å². The Bertz CT molecular complexity index is 358. The Morgan fingerprint density at radius 1 is 0.947 bits per heavy atom. The molecule has 0 aromatic rings. The molecule has 0 bridgehead atoms. The average molecular weight is 286 g/mol. The molecule has 0 fully saturated rings. The van der Waals surface area contributed by atoms with E-state index in [0.29, 0.717) is 0 Å². The Morgan fingerprint density at radius 2 is 1.26 bits per heavy atom.